The van der Waals surface area contributed by atoms with E-state index in [1.165, 1.54) is 29.1 Å². The number of rotatable bonds is 3. The van der Waals surface area contributed by atoms with Gasteiger partial charge >= 0.3 is 6.18 Å². The van der Waals surface area contributed by atoms with Crippen LogP contribution in [0.5, 0.6) is 0 Å². The minimum Gasteiger partial charge on any atom is -0.341 e. The molecule has 3 rings (SSSR count). The molecule has 0 unspecified atom stereocenters. The van der Waals surface area contributed by atoms with Crippen LogP contribution in [0, 0.1) is 12.3 Å². The smallest absolute Gasteiger partial charge is 0.341 e. The highest BCUT2D eigenvalue weighted by atomic mass is 19.4. The minimum atomic E-state index is -4.42. The van der Waals surface area contributed by atoms with Crippen molar-refractivity contribution >= 4 is 16.9 Å². The Bertz CT molecular complexity index is 1010. The highest BCUT2D eigenvalue weighted by Crippen LogP contribution is 2.31. The minimum absolute atomic E-state index is 0.0541. The molecule has 0 aliphatic rings. The Balaban J connectivity index is 2.10. The molecule has 2 aromatic heterocycles. The fourth-order valence-corrected chi connectivity index (χ4v) is 2.51. The fourth-order valence-electron chi connectivity index (χ4n) is 2.51. The number of halogens is 3. The van der Waals surface area contributed by atoms with Crippen molar-refractivity contribution in [2.45, 2.75) is 6.18 Å². The molecule has 0 radical (unpaired) electrons. The predicted octanol–water partition coefficient (Wildman–Crippen LogP) is 3.02. The van der Waals surface area contributed by atoms with Crippen LogP contribution in [0.1, 0.15) is 15.9 Å². The molecular weight excluding hydrogens is 345 g/mol. The van der Waals surface area contributed by atoms with Crippen molar-refractivity contribution in [1.29, 1.82) is 0 Å². The van der Waals surface area contributed by atoms with Gasteiger partial charge in [0, 0.05) is 12.6 Å². The summed E-state index contributed by atoms with van der Waals surface area (Å²) < 4.78 is 39.7. The molecule has 0 aliphatic carbocycles. The second-order valence-corrected chi connectivity index (χ2v) is 5.52. The van der Waals surface area contributed by atoms with Gasteiger partial charge in [-0.1, -0.05) is 18.1 Å². The van der Waals surface area contributed by atoms with E-state index in [1.54, 1.807) is 7.05 Å². The van der Waals surface area contributed by atoms with Crippen LogP contribution < -0.4 is 5.32 Å². The van der Waals surface area contributed by atoms with Gasteiger partial charge in [0.2, 0.25) is 0 Å². The molecule has 0 fully saturated rings. The van der Waals surface area contributed by atoms with Crippen LogP contribution in [0.3, 0.4) is 0 Å². The van der Waals surface area contributed by atoms with Crippen LogP contribution in [0.4, 0.5) is 13.2 Å². The van der Waals surface area contributed by atoms with Crippen LogP contribution in [0.2, 0.25) is 0 Å². The Hall–Kier alpha value is -3.34. The molecule has 1 N–H and O–H groups in total. The highest BCUT2D eigenvalue weighted by Gasteiger charge is 2.30. The molecule has 0 aliphatic heterocycles. The third kappa shape index (κ3) is 3.24. The lowest BCUT2D eigenvalue weighted by Crippen LogP contribution is -2.23. The molecule has 132 valence electrons. The Morgan fingerprint density at radius 3 is 2.62 bits per heavy atom. The second-order valence-electron chi connectivity index (χ2n) is 5.52. The molecule has 1 aromatic carbocycles. The van der Waals surface area contributed by atoms with Crippen LogP contribution in [-0.4, -0.2) is 27.2 Å². The van der Waals surface area contributed by atoms with Crippen molar-refractivity contribution < 1.29 is 18.0 Å². The molecular formula is C18H13F3N4O. The molecule has 0 bridgehead atoms. The van der Waals surface area contributed by atoms with Crippen molar-refractivity contribution in [3.8, 4) is 23.6 Å². The van der Waals surface area contributed by atoms with Crippen LogP contribution in [0.15, 0.2) is 36.5 Å². The maximum absolute atomic E-state index is 12.7. The number of alkyl halides is 3. The molecule has 0 saturated heterocycles. The van der Waals surface area contributed by atoms with E-state index >= 15 is 0 Å². The average molecular weight is 358 g/mol. The van der Waals surface area contributed by atoms with Crippen LogP contribution in [-0.2, 0) is 13.2 Å². The summed E-state index contributed by atoms with van der Waals surface area (Å²) in [5, 5.41) is 7.18. The van der Waals surface area contributed by atoms with E-state index in [9.17, 15) is 18.0 Å². The number of amides is 1. The summed E-state index contributed by atoms with van der Waals surface area (Å²) in [5.74, 6) is 1.91. The topological polar surface area (TPSA) is 59.8 Å². The van der Waals surface area contributed by atoms with E-state index in [2.05, 4.69) is 21.3 Å². The number of pyridine rings is 1. The molecule has 0 saturated carbocycles. The molecule has 8 heteroatoms. The van der Waals surface area contributed by atoms with Gasteiger partial charge in [-0.2, -0.15) is 18.3 Å². The molecule has 1 amide bonds. The summed E-state index contributed by atoms with van der Waals surface area (Å²) >= 11 is 0. The number of aryl methyl sites for hydroxylation is 1. The number of terminal acetylenes is 1. The van der Waals surface area contributed by atoms with E-state index in [0.29, 0.717) is 27.9 Å². The van der Waals surface area contributed by atoms with Gasteiger partial charge in [0.1, 0.15) is 0 Å². The lowest BCUT2D eigenvalue weighted by Gasteiger charge is -2.09. The van der Waals surface area contributed by atoms with Gasteiger partial charge in [-0.25, -0.2) is 4.98 Å². The lowest BCUT2D eigenvalue weighted by molar-refractivity contribution is -0.137. The van der Waals surface area contributed by atoms with Crippen molar-refractivity contribution in [2.75, 3.05) is 6.54 Å². The zero-order valence-electron chi connectivity index (χ0n) is 13.6. The number of fused-ring (bicyclic) bond motifs is 1. The number of benzene rings is 1. The number of carbonyl (C=O) groups excluding carboxylic acids is 1. The molecule has 0 atom stereocenters. The Labute approximate surface area is 146 Å². The second kappa shape index (κ2) is 6.52. The van der Waals surface area contributed by atoms with Gasteiger partial charge in [0.25, 0.3) is 5.91 Å². The SMILES string of the molecule is C#CCNC(=O)c1cc(-c2ccc(C(F)(F)F)cc2)nc2c1cnn2C. The van der Waals surface area contributed by atoms with Crippen molar-refractivity contribution in [2.24, 2.45) is 7.05 Å². The van der Waals surface area contributed by atoms with Crippen molar-refractivity contribution in [3.63, 3.8) is 0 Å². The van der Waals surface area contributed by atoms with E-state index in [0.717, 1.165) is 12.1 Å². The van der Waals surface area contributed by atoms with Gasteiger partial charge in [-0.3, -0.25) is 9.48 Å². The summed E-state index contributed by atoms with van der Waals surface area (Å²) in [4.78, 5) is 16.8. The third-order valence-corrected chi connectivity index (χ3v) is 3.81. The Morgan fingerprint density at radius 1 is 1.31 bits per heavy atom. The molecule has 3 aromatic rings. The highest BCUT2D eigenvalue weighted by molar-refractivity contribution is 6.06. The van der Waals surface area contributed by atoms with Gasteiger partial charge in [0.15, 0.2) is 5.65 Å². The summed E-state index contributed by atoms with van der Waals surface area (Å²) in [6.45, 7) is 0.0541. The van der Waals surface area contributed by atoms with E-state index in [1.807, 2.05) is 0 Å². The van der Waals surface area contributed by atoms with Gasteiger partial charge in [0.05, 0.1) is 34.9 Å². The maximum Gasteiger partial charge on any atom is 0.416 e. The van der Waals surface area contributed by atoms with E-state index < -0.39 is 17.6 Å². The monoisotopic (exact) mass is 358 g/mol. The first-order chi connectivity index (χ1) is 12.3. The first-order valence-corrected chi connectivity index (χ1v) is 7.53. The normalized spacial score (nSPS) is 11.3. The summed E-state index contributed by atoms with van der Waals surface area (Å²) in [7, 11) is 1.66. The largest absolute Gasteiger partial charge is 0.416 e. The first-order valence-electron chi connectivity index (χ1n) is 7.53. The zero-order valence-corrected chi connectivity index (χ0v) is 13.6. The van der Waals surface area contributed by atoms with Gasteiger partial charge < -0.3 is 5.32 Å². The summed E-state index contributed by atoms with van der Waals surface area (Å²) in [6, 6.07) is 6.09. The third-order valence-electron chi connectivity index (χ3n) is 3.81. The quantitative estimate of drug-likeness (QED) is 0.732. The first kappa shape index (κ1) is 17.5. The number of hydrogen-bond acceptors (Lipinski definition) is 3. The average Bonchev–Trinajstić information content (AvgIpc) is 2.99. The van der Waals surface area contributed by atoms with E-state index in [-0.39, 0.29) is 6.54 Å². The maximum atomic E-state index is 12.7. The lowest BCUT2D eigenvalue weighted by atomic mass is 10.0. The fraction of sp³-hybridized carbons (Fsp3) is 0.167. The van der Waals surface area contributed by atoms with Gasteiger partial charge in [-0.05, 0) is 18.2 Å². The number of carbonyl (C=O) groups is 1. The number of nitrogens with zero attached hydrogens (tertiary/aromatic N) is 3. The Morgan fingerprint density at radius 2 is 2.00 bits per heavy atom. The van der Waals surface area contributed by atoms with Crippen LogP contribution >= 0.6 is 0 Å². The number of hydrogen-bond donors (Lipinski definition) is 1. The Kier molecular flexibility index (Phi) is 4.38. The summed E-state index contributed by atoms with van der Waals surface area (Å²) in [6.07, 6.45) is 2.24. The zero-order chi connectivity index (χ0) is 18.9. The van der Waals surface area contributed by atoms with E-state index in [4.69, 9.17) is 6.42 Å². The standard InChI is InChI=1S/C18H13F3N4O/c1-3-8-22-17(26)13-9-15(24-16-14(13)10-23-25(16)2)11-4-6-12(7-5-11)18(19,20)21/h1,4-7,9-10H,8H2,2H3,(H,22,26). The number of nitrogens with one attached hydrogen (secondary N) is 1. The van der Waals surface area contributed by atoms with Gasteiger partial charge in [-0.15, -0.1) is 6.42 Å². The van der Waals surface area contributed by atoms with Crippen molar-refractivity contribution in [3.05, 3.63) is 47.7 Å². The molecule has 2 heterocycles. The summed E-state index contributed by atoms with van der Waals surface area (Å²) in [5.41, 5.74) is 0.795. The predicted molar refractivity (Wildman–Crippen MR) is 90.1 cm³/mol. The molecule has 0 spiro atoms. The molecule has 26 heavy (non-hydrogen) atoms. The number of aromatic nitrogens is 3. The van der Waals surface area contributed by atoms with Crippen molar-refractivity contribution in [1.82, 2.24) is 20.1 Å². The van der Waals surface area contributed by atoms with Crippen LogP contribution in [0.25, 0.3) is 22.3 Å². The molecule has 5 nitrogen and oxygen atoms in total.